The summed E-state index contributed by atoms with van der Waals surface area (Å²) in [5.74, 6) is 0.0312. The molecule has 1 atom stereocenters. The first-order chi connectivity index (χ1) is 13.7. The van der Waals surface area contributed by atoms with E-state index in [9.17, 15) is 13.2 Å². The molecule has 29 heavy (non-hydrogen) atoms. The van der Waals surface area contributed by atoms with Gasteiger partial charge in [-0.1, -0.05) is 19.1 Å². The zero-order chi connectivity index (χ0) is 21.2. The second-order valence-corrected chi connectivity index (χ2v) is 9.46. The summed E-state index contributed by atoms with van der Waals surface area (Å²) in [6.45, 7) is 2.81. The Morgan fingerprint density at radius 2 is 1.97 bits per heavy atom. The average Bonchev–Trinajstić information content (AvgIpc) is 3.18. The molecule has 0 aliphatic carbocycles. The first-order valence-electron chi connectivity index (χ1n) is 9.58. The number of amides is 1. The van der Waals surface area contributed by atoms with E-state index in [1.165, 1.54) is 22.3 Å². The van der Waals surface area contributed by atoms with Crippen molar-refractivity contribution in [1.82, 2.24) is 14.3 Å². The van der Waals surface area contributed by atoms with Gasteiger partial charge in [-0.05, 0) is 30.5 Å². The molecule has 2 heterocycles. The van der Waals surface area contributed by atoms with Crippen molar-refractivity contribution in [1.29, 1.82) is 0 Å². The molecule has 1 aliphatic rings. The van der Waals surface area contributed by atoms with Crippen molar-refractivity contribution < 1.29 is 13.2 Å². The Balaban J connectivity index is 1.90. The van der Waals surface area contributed by atoms with Gasteiger partial charge in [-0.15, -0.1) is 0 Å². The Bertz CT molecular complexity index is 990. The van der Waals surface area contributed by atoms with Crippen LogP contribution in [-0.4, -0.2) is 62.0 Å². The number of nitrogens with one attached hydrogen (secondary N) is 1. The van der Waals surface area contributed by atoms with E-state index in [-0.39, 0.29) is 11.8 Å². The van der Waals surface area contributed by atoms with Crippen molar-refractivity contribution >= 4 is 27.6 Å². The number of aromatic nitrogens is 2. The van der Waals surface area contributed by atoms with Gasteiger partial charge in [0.1, 0.15) is 0 Å². The Morgan fingerprint density at radius 1 is 1.28 bits per heavy atom. The summed E-state index contributed by atoms with van der Waals surface area (Å²) in [6, 6.07) is 7.69. The molecule has 1 amide bonds. The molecule has 1 saturated heterocycles. The van der Waals surface area contributed by atoms with Crippen molar-refractivity contribution in [3.05, 3.63) is 47.3 Å². The maximum absolute atomic E-state index is 13.0. The number of anilines is 2. The van der Waals surface area contributed by atoms with Crippen LogP contribution >= 0.6 is 0 Å². The maximum Gasteiger partial charge on any atom is 0.259 e. The molecule has 0 spiro atoms. The number of sulfonamides is 1. The third kappa shape index (κ3) is 4.91. The molecule has 3 rings (SSSR count). The summed E-state index contributed by atoms with van der Waals surface area (Å²) in [6.07, 6.45) is 4.27. The molecule has 1 aliphatic heterocycles. The molecule has 156 valence electrons. The molecule has 1 unspecified atom stereocenters. The molecule has 8 nitrogen and oxygen atoms in total. The second-order valence-electron chi connectivity index (χ2n) is 7.47. The number of hydrogen-bond donors (Lipinski definition) is 1. The fraction of sp³-hybridized carbons (Fsp3) is 0.450. The van der Waals surface area contributed by atoms with Gasteiger partial charge in [0, 0.05) is 45.0 Å². The number of carbonyl (C=O) groups is 1. The summed E-state index contributed by atoms with van der Waals surface area (Å²) in [5, 5.41) is 2.90. The van der Waals surface area contributed by atoms with E-state index in [1.54, 1.807) is 4.90 Å². The highest BCUT2D eigenvalue weighted by Gasteiger charge is 2.33. The van der Waals surface area contributed by atoms with Gasteiger partial charge in [0.25, 0.3) is 5.91 Å². The van der Waals surface area contributed by atoms with Gasteiger partial charge in [-0.3, -0.25) is 4.79 Å². The first-order valence-corrected chi connectivity index (χ1v) is 11.4. The Kier molecular flexibility index (Phi) is 6.18. The van der Waals surface area contributed by atoms with E-state index in [0.717, 1.165) is 6.42 Å². The van der Waals surface area contributed by atoms with Crippen molar-refractivity contribution in [2.45, 2.75) is 25.7 Å². The van der Waals surface area contributed by atoms with Gasteiger partial charge in [-0.25, -0.2) is 22.7 Å². The quantitative estimate of drug-likeness (QED) is 0.773. The van der Waals surface area contributed by atoms with Gasteiger partial charge in [0.15, 0.2) is 0 Å². The van der Waals surface area contributed by atoms with Crippen LogP contribution in [0, 0.1) is 0 Å². The van der Waals surface area contributed by atoms with Crippen LogP contribution in [0.3, 0.4) is 0 Å². The van der Waals surface area contributed by atoms with Crippen LogP contribution < -0.4 is 10.2 Å². The molecule has 1 aromatic heterocycles. The van der Waals surface area contributed by atoms with Crippen LogP contribution in [0.25, 0.3) is 0 Å². The highest BCUT2D eigenvalue weighted by atomic mass is 32.2. The normalized spacial score (nSPS) is 17.3. The Labute approximate surface area is 172 Å². The minimum Gasteiger partial charge on any atom is -0.347 e. The number of hydrogen-bond acceptors (Lipinski definition) is 6. The number of carbonyl (C=O) groups excluding carboxylic acids is 1. The molecular formula is C20H27N5O3S. The zero-order valence-corrected chi connectivity index (χ0v) is 18.0. The average molecular weight is 418 g/mol. The Hall–Kier alpha value is -2.52. The van der Waals surface area contributed by atoms with Crippen LogP contribution in [0.2, 0.25) is 0 Å². The monoisotopic (exact) mass is 417 g/mol. The summed E-state index contributed by atoms with van der Waals surface area (Å²) < 4.78 is 25.2. The van der Waals surface area contributed by atoms with Crippen molar-refractivity contribution in [3.8, 4) is 0 Å². The summed E-state index contributed by atoms with van der Waals surface area (Å²) in [7, 11) is 0.371. The van der Waals surface area contributed by atoms with Crippen molar-refractivity contribution in [2.75, 3.05) is 43.7 Å². The molecule has 0 saturated carbocycles. The molecule has 1 N–H and O–H groups in total. The lowest BCUT2D eigenvalue weighted by molar-refractivity contribution is 0.102. The van der Waals surface area contributed by atoms with Crippen LogP contribution in [0.4, 0.5) is 11.6 Å². The van der Waals surface area contributed by atoms with Gasteiger partial charge >= 0.3 is 0 Å². The lowest BCUT2D eigenvalue weighted by Gasteiger charge is -2.18. The summed E-state index contributed by atoms with van der Waals surface area (Å²) in [5.41, 5.74) is 2.83. The lowest BCUT2D eigenvalue weighted by Crippen LogP contribution is -2.28. The van der Waals surface area contributed by atoms with E-state index >= 15 is 0 Å². The van der Waals surface area contributed by atoms with Crippen LogP contribution in [0.5, 0.6) is 0 Å². The predicted molar refractivity (Wildman–Crippen MR) is 114 cm³/mol. The van der Waals surface area contributed by atoms with Gasteiger partial charge in [-0.2, -0.15) is 0 Å². The lowest BCUT2D eigenvalue weighted by atomic mass is 9.99. The van der Waals surface area contributed by atoms with Crippen LogP contribution in [0.15, 0.2) is 30.5 Å². The molecule has 0 bridgehead atoms. The van der Waals surface area contributed by atoms with E-state index in [1.807, 2.05) is 38.4 Å². The first kappa shape index (κ1) is 21.2. The van der Waals surface area contributed by atoms with Crippen LogP contribution in [0.1, 0.15) is 40.9 Å². The number of rotatable bonds is 6. The zero-order valence-electron chi connectivity index (χ0n) is 17.2. The van der Waals surface area contributed by atoms with Crippen molar-refractivity contribution in [2.24, 2.45) is 0 Å². The minimum atomic E-state index is -3.28. The Morgan fingerprint density at radius 3 is 2.52 bits per heavy atom. The smallest absolute Gasteiger partial charge is 0.259 e. The summed E-state index contributed by atoms with van der Waals surface area (Å²) in [4.78, 5) is 23.6. The standard InChI is InChI=1S/C20H27N5O3S/c1-5-14-6-8-16(9-7-14)22-19(26)17-12-21-20(24(2)3)23-18(17)15-10-11-25(13-15)29(4,27)28/h6-9,12,15H,5,10-11,13H2,1-4H3,(H,22,26). The highest BCUT2D eigenvalue weighted by molar-refractivity contribution is 7.88. The van der Waals surface area contributed by atoms with E-state index in [2.05, 4.69) is 22.2 Å². The van der Waals surface area contributed by atoms with Gasteiger partial charge in [0.2, 0.25) is 16.0 Å². The predicted octanol–water partition coefficient (Wildman–Crippen LogP) is 2.11. The minimum absolute atomic E-state index is 0.158. The third-order valence-corrected chi connectivity index (χ3v) is 6.35. The SMILES string of the molecule is CCc1ccc(NC(=O)c2cnc(N(C)C)nc2C2CCN(S(C)(=O)=O)C2)cc1. The van der Waals surface area contributed by atoms with Crippen LogP contribution in [-0.2, 0) is 16.4 Å². The molecule has 0 radical (unpaired) electrons. The molecule has 2 aromatic rings. The maximum atomic E-state index is 13.0. The largest absolute Gasteiger partial charge is 0.347 e. The molecule has 1 fully saturated rings. The summed E-state index contributed by atoms with van der Waals surface area (Å²) >= 11 is 0. The molecular weight excluding hydrogens is 390 g/mol. The van der Waals surface area contributed by atoms with Crippen molar-refractivity contribution in [3.63, 3.8) is 0 Å². The topological polar surface area (TPSA) is 95.5 Å². The van der Waals surface area contributed by atoms with Gasteiger partial charge < -0.3 is 10.2 Å². The number of aryl methyl sites for hydroxylation is 1. The second kappa shape index (κ2) is 8.46. The number of nitrogens with zero attached hydrogens (tertiary/aromatic N) is 4. The molecule has 1 aromatic carbocycles. The molecule has 9 heteroatoms. The van der Waals surface area contributed by atoms with E-state index < -0.39 is 10.0 Å². The van der Waals surface area contributed by atoms with E-state index in [0.29, 0.717) is 42.4 Å². The van der Waals surface area contributed by atoms with E-state index in [4.69, 9.17) is 0 Å². The van der Waals surface area contributed by atoms with Gasteiger partial charge in [0.05, 0.1) is 17.5 Å². The fourth-order valence-electron chi connectivity index (χ4n) is 3.36. The highest BCUT2D eigenvalue weighted by Crippen LogP contribution is 2.30. The fourth-order valence-corrected chi connectivity index (χ4v) is 4.25. The third-order valence-electron chi connectivity index (χ3n) is 5.08. The number of benzene rings is 1.